The van der Waals surface area contributed by atoms with Crippen LogP contribution in [0, 0.1) is 6.92 Å². The molecule has 1 aromatic rings. The minimum atomic E-state index is -0.0180. The number of aryl methyl sites for hydroxylation is 1. The number of phenols is 2. The lowest BCUT2D eigenvalue weighted by molar-refractivity contribution is 0.263. The van der Waals surface area contributed by atoms with Crippen molar-refractivity contribution < 1.29 is 19.7 Å². The zero-order valence-electron chi connectivity index (χ0n) is 9.20. The molecule has 0 bridgehead atoms. The average molecular weight is 212 g/mol. The summed E-state index contributed by atoms with van der Waals surface area (Å²) in [6.07, 6.45) is 0. The van der Waals surface area contributed by atoms with Crippen molar-refractivity contribution in [1.29, 1.82) is 0 Å². The maximum atomic E-state index is 9.74. The molecule has 1 aromatic carbocycles. The van der Waals surface area contributed by atoms with E-state index in [1.807, 2.05) is 0 Å². The summed E-state index contributed by atoms with van der Waals surface area (Å²) < 4.78 is 10.5. The van der Waals surface area contributed by atoms with Gasteiger partial charge in [-0.25, -0.2) is 0 Å². The summed E-state index contributed by atoms with van der Waals surface area (Å²) in [4.78, 5) is 0. The van der Waals surface area contributed by atoms with Gasteiger partial charge < -0.3 is 19.7 Å². The van der Waals surface area contributed by atoms with Gasteiger partial charge in [-0.1, -0.05) is 0 Å². The van der Waals surface area contributed by atoms with E-state index in [0.717, 1.165) is 0 Å². The van der Waals surface area contributed by atoms with Crippen LogP contribution in [0.4, 0.5) is 0 Å². The highest BCUT2D eigenvalue weighted by Crippen LogP contribution is 2.45. The summed E-state index contributed by atoms with van der Waals surface area (Å²) in [6.45, 7) is 6.08. The van der Waals surface area contributed by atoms with E-state index in [2.05, 4.69) is 0 Å². The Balaban J connectivity index is 3.26. The maximum absolute atomic E-state index is 9.74. The number of benzene rings is 1. The molecule has 0 heterocycles. The summed E-state index contributed by atoms with van der Waals surface area (Å²) in [5.41, 5.74) is 0.555. The molecule has 0 radical (unpaired) electrons. The number of ether oxygens (including phenoxy) is 2. The zero-order chi connectivity index (χ0) is 11.4. The third-order valence-corrected chi connectivity index (χ3v) is 1.96. The van der Waals surface area contributed by atoms with Crippen LogP contribution in [0.5, 0.6) is 23.0 Å². The van der Waals surface area contributed by atoms with E-state index in [9.17, 15) is 10.2 Å². The predicted octanol–water partition coefficient (Wildman–Crippen LogP) is 2.20. The fourth-order valence-electron chi connectivity index (χ4n) is 1.30. The highest BCUT2D eigenvalue weighted by atomic mass is 16.5. The van der Waals surface area contributed by atoms with Crippen LogP contribution in [0.15, 0.2) is 6.07 Å². The van der Waals surface area contributed by atoms with E-state index in [1.54, 1.807) is 20.8 Å². The molecule has 0 aromatic heterocycles. The van der Waals surface area contributed by atoms with Crippen molar-refractivity contribution >= 4 is 0 Å². The first-order chi connectivity index (χ1) is 7.11. The van der Waals surface area contributed by atoms with Crippen molar-refractivity contribution in [3.8, 4) is 23.0 Å². The minimum Gasteiger partial charge on any atom is -0.504 e. The molecule has 0 fully saturated rings. The molecule has 0 unspecified atom stereocenters. The molecule has 2 N–H and O–H groups in total. The van der Waals surface area contributed by atoms with Crippen molar-refractivity contribution in [1.82, 2.24) is 0 Å². The second-order valence-corrected chi connectivity index (χ2v) is 3.09. The van der Waals surface area contributed by atoms with Gasteiger partial charge in [0.15, 0.2) is 11.5 Å². The Bertz CT molecular complexity index is 347. The van der Waals surface area contributed by atoms with E-state index in [1.165, 1.54) is 6.07 Å². The summed E-state index contributed by atoms with van der Waals surface area (Å²) >= 11 is 0. The van der Waals surface area contributed by atoms with Gasteiger partial charge in [-0.05, 0) is 32.4 Å². The lowest BCUT2D eigenvalue weighted by Gasteiger charge is -2.15. The Morgan fingerprint density at radius 2 is 1.60 bits per heavy atom. The van der Waals surface area contributed by atoms with Gasteiger partial charge >= 0.3 is 0 Å². The Hall–Kier alpha value is -1.58. The first kappa shape index (κ1) is 11.5. The molecule has 15 heavy (non-hydrogen) atoms. The summed E-state index contributed by atoms with van der Waals surface area (Å²) in [5.74, 6) is 0.396. The van der Waals surface area contributed by atoms with Crippen molar-refractivity contribution in [2.45, 2.75) is 20.8 Å². The van der Waals surface area contributed by atoms with Crippen LogP contribution in [0.3, 0.4) is 0 Å². The number of hydrogen-bond donors (Lipinski definition) is 2. The third kappa shape index (κ3) is 2.26. The number of hydrogen-bond acceptors (Lipinski definition) is 4. The monoisotopic (exact) mass is 212 g/mol. The second-order valence-electron chi connectivity index (χ2n) is 3.09. The van der Waals surface area contributed by atoms with E-state index in [-0.39, 0.29) is 23.0 Å². The van der Waals surface area contributed by atoms with E-state index in [0.29, 0.717) is 18.8 Å². The molecular formula is C11H16O4. The summed E-state index contributed by atoms with van der Waals surface area (Å²) in [7, 11) is 0. The normalized spacial score (nSPS) is 10.1. The highest BCUT2D eigenvalue weighted by molar-refractivity contribution is 5.61. The van der Waals surface area contributed by atoms with Gasteiger partial charge in [0, 0.05) is 0 Å². The molecule has 0 aliphatic carbocycles. The first-order valence-corrected chi connectivity index (χ1v) is 4.92. The standard InChI is InChI=1S/C11H16O4/c1-4-14-10-8(12)6-7(3)9(13)11(10)15-5-2/h6,12-13H,4-5H2,1-3H3. The lowest BCUT2D eigenvalue weighted by Crippen LogP contribution is -1.99. The van der Waals surface area contributed by atoms with E-state index in [4.69, 9.17) is 9.47 Å². The van der Waals surface area contributed by atoms with Gasteiger partial charge in [-0.15, -0.1) is 0 Å². The van der Waals surface area contributed by atoms with Gasteiger partial charge in [-0.2, -0.15) is 0 Å². The van der Waals surface area contributed by atoms with Crippen molar-refractivity contribution in [2.24, 2.45) is 0 Å². The molecule has 0 saturated carbocycles. The van der Waals surface area contributed by atoms with Gasteiger partial charge in [0.25, 0.3) is 0 Å². The molecule has 0 aliphatic heterocycles. The molecule has 0 spiro atoms. The molecule has 84 valence electrons. The molecule has 0 amide bonds. The van der Waals surface area contributed by atoms with Gasteiger partial charge in [0.1, 0.15) is 0 Å². The Kier molecular flexibility index (Phi) is 3.66. The fraction of sp³-hybridized carbons (Fsp3) is 0.455. The van der Waals surface area contributed by atoms with Gasteiger partial charge in [0.05, 0.1) is 13.2 Å². The maximum Gasteiger partial charge on any atom is 0.207 e. The molecule has 0 saturated heterocycles. The Labute approximate surface area is 89.1 Å². The van der Waals surface area contributed by atoms with E-state index < -0.39 is 0 Å². The Morgan fingerprint density at radius 3 is 2.13 bits per heavy atom. The van der Waals surface area contributed by atoms with Crippen LogP contribution in [0.2, 0.25) is 0 Å². The van der Waals surface area contributed by atoms with Crippen LogP contribution >= 0.6 is 0 Å². The van der Waals surface area contributed by atoms with Crippen molar-refractivity contribution in [3.05, 3.63) is 11.6 Å². The second kappa shape index (κ2) is 4.77. The third-order valence-electron chi connectivity index (χ3n) is 1.96. The first-order valence-electron chi connectivity index (χ1n) is 4.92. The highest BCUT2D eigenvalue weighted by Gasteiger charge is 2.17. The largest absolute Gasteiger partial charge is 0.504 e. The Morgan fingerprint density at radius 1 is 1.07 bits per heavy atom. The molecule has 1 rings (SSSR count). The van der Waals surface area contributed by atoms with Crippen molar-refractivity contribution in [3.63, 3.8) is 0 Å². The fourth-order valence-corrected chi connectivity index (χ4v) is 1.30. The van der Waals surface area contributed by atoms with Gasteiger partial charge in [0.2, 0.25) is 11.5 Å². The number of rotatable bonds is 4. The average Bonchev–Trinajstić information content (AvgIpc) is 2.20. The quantitative estimate of drug-likeness (QED) is 0.751. The van der Waals surface area contributed by atoms with Crippen molar-refractivity contribution in [2.75, 3.05) is 13.2 Å². The smallest absolute Gasteiger partial charge is 0.207 e. The zero-order valence-corrected chi connectivity index (χ0v) is 9.20. The topological polar surface area (TPSA) is 58.9 Å². The van der Waals surface area contributed by atoms with Crippen LogP contribution in [0.25, 0.3) is 0 Å². The molecule has 0 aliphatic rings. The molecule has 4 heteroatoms. The number of aromatic hydroxyl groups is 2. The lowest BCUT2D eigenvalue weighted by atomic mass is 10.2. The minimum absolute atomic E-state index is 0.0121. The van der Waals surface area contributed by atoms with Crippen LogP contribution in [0.1, 0.15) is 19.4 Å². The van der Waals surface area contributed by atoms with Crippen LogP contribution < -0.4 is 9.47 Å². The molecule has 4 nitrogen and oxygen atoms in total. The van der Waals surface area contributed by atoms with E-state index >= 15 is 0 Å². The number of phenolic OH excluding ortho intramolecular Hbond substituents is 2. The predicted molar refractivity (Wildman–Crippen MR) is 56.8 cm³/mol. The SMILES string of the molecule is CCOc1c(O)cc(C)c(O)c1OCC. The molecule has 0 atom stereocenters. The van der Waals surface area contributed by atoms with Gasteiger partial charge in [-0.3, -0.25) is 0 Å². The summed E-state index contributed by atoms with van der Waals surface area (Å²) in [6, 6.07) is 1.45. The van der Waals surface area contributed by atoms with Crippen LogP contribution in [-0.2, 0) is 0 Å². The molecular weight excluding hydrogens is 196 g/mol. The summed E-state index contributed by atoms with van der Waals surface area (Å²) in [5, 5.41) is 19.4. The van der Waals surface area contributed by atoms with Crippen LogP contribution in [-0.4, -0.2) is 23.4 Å².